The van der Waals surface area contributed by atoms with E-state index in [1.807, 2.05) is 18.2 Å². The number of hydrogen-bond acceptors (Lipinski definition) is 1. The Morgan fingerprint density at radius 2 is 1.25 bits per heavy atom. The van der Waals surface area contributed by atoms with Crippen LogP contribution in [-0.2, 0) is 21.6 Å². The molecule has 32 heavy (non-hydrogen) atoms. The van der Waals surface area contributed by atoms with Crippen molar-refractivity contribution in [2.24, 2.45) is 5.92 Å². The Kier molecular flexibility index (Phi) is 16.5. The zero-order valence-corrected chi connectivity index (χ0v) is 25.3. The van der Waals surface area contributed by atoms with Gasteiger partial charge in [-0.2, -0.15) is 0 Å². The van der Waals surface area contributed by atoms with Gasteiger partial charge in [0, 0.05) is 5.92 Å². The zero-order valence-electron chi connectivity index (χ0n) is 22.4. The quantitative estimate of drug-likeness (QED) is 0.219. The van der Waals surface area contributed by atoms with Gasteiger partial charge in [-0.25, -0.2) is 0 Å². The summed E-state index contributed by atoms with van der Waals surface area (Å²) in [6.45, 7) is 16.9. The monoisotopic (exact) mass is 521 g/mol. The third-order valence-electron chi connectivity index (χ3n) is 6.57. The predicted molar refractivity (Wildman–Crippen MR) is 147 cm³/mol. The van der Waals surface area contributed by atoms with E-state index in [2.05, 4.69) is 60.6 Å². The molecule has 4 heteroatoms. The summed E-state index contributed by atoms with van der Waals surface area (Å²) in [7, 11) is -1.45. The van der Waals surface area contributed by atoms with Crippen LogP contribution in [0.5, 0.6) is 0 Å². The van der Waals surface area contributed by atoms with Gasteiger partial charge in [0.25, 0.3) is 0 Å². The molecule has 186 valence electrons. The largest absolute Gasteiger partial charge is 2.00 e. The van der Waals surface area contributed by atoms with Crippen LogP contribution in [0.2, 0.25) is 0 Å². The van der Waals surface area contributed by atoms with Crippen molar-refractivity contribution in [1.29, 1.82) is 0 Å². The molecule has 0 aromatic heterocycles. The fraction of sp³-hybridized carbons (Fsp3) is 0.714. The average Bonchev–Trinajstić information content (AvgIpc) is 3.33. The molecule has 0 radical (unpaired) electrons. The van der Waals surface area contributed by atoms with E-state index in [4.69, 9.17) is 0 Å². The summed E-state index contributed by atoms with van der Waals surface area (Å²) >= 11 is 0. The smallest absolute Gasteiger partial charge is 0.358 e. The van der Waals surface area contributed by atoms with Gasteiger partial charge < -0.3 is 14.9 Å². The van der Waals surface area contributed by atoms with Gasteiger partial charge in [0.2, 0.25) is 0 Å². The van der Waals surface area contributed by atoms with Crippen LogP contribution in [0.4, 0.5) is 0 Å². The van der Waals surface area contributed by atoms with Gasteiger partial charge in [0.1, 0.15) is 0 Å². The Hall–Kier alpha value is 0.269. The van der Waals surface area contributed by atoms with Gasteiger partial charge >= 0.3 is 24.9 Å². The van der Waals surface area contributed by atoms with Crippen molar-refractivity contribution in [2.75, 3.05) is 0 Å². The molecule has 0 N–H and O–H groups in total. The SMILES string of the molecule is C1CCCC1.C[C@@H](C1CCCC1[P+](=O)c1ccccc1)P(C(C)(C)C)C(C)(C)C.[CH3-].[CH3-].[Fe+2]. The van der Waals surface area contributed by atoms with Gasteiger partial charge in [0.15, 0.2) is 11.0 Å². The van der Waals surface area contributed by atoms with Crippen LogP contribution in [-0.4, -0.2) is 21.6 Å². The molecule has 4 atom stereocenters. The molecular weight excluding hydrogens is 470 g/mol. The average molecular weight is 522 g/mol. The van der Waals surface area contributed by atoms with E-state index in [0.29, 0.717) is 27.5 Å². The molecule has 1 aromatic rings. The second kappa shape index (κ2) is 15.3. The van der Waals surface area contributed by atoms with E-state index in [1.54, 1.807) is 0 Å². The molecule has 2 aliphatic carbocycles. The van der Waals surface area contributed by atoms with Crippen LogP contribution < -0.4 is 5.30 Å². The zero-order chi connectivity index (χ0) is 21.7. The molecule has 2 fully saturated rings. The van der Waals surface area contributed by atoms with E-state index >= 15 is 0 Å². The maximum Gasteiger partial charge on any atom is 2.00 e. The van der Waals surface area contributed by atoms with Crippen LogP contribution in [0.25, 0.3) is 0 Å². The van der Waals surface area contributed by atoms with Gasteiger partial charge in [-0.3, -0.25) is 0 Å². The van der Waals surface area contributed by atoms with Gasteiger partial charge in [0.05, 0.1) is 0 Å². The molecule has 0 heterocycles. The topological polar surface area (TPSA) is 17.1 Å². The molecule has 3 unspecified atom stereocenters. The minimum absolute atomic E-state index is 0. The maximum atomic E-state index is 13.2. The molecule has 0 spiro atoms. The fourth-order valence-electron chi connectivity index (χ4n) is 5.89. The first-order valence-corrected chi connectivity index (χ1v) is 14.6. The molecule has 3 rings (SSSR count). The molecule has 2 aliphatic rings. The normalized spacial score (nSPS) is 21.9. The third kappa shape index (κ3) is 9.87. The number of rotatable bonds is 4. The number of benzene rings is 1. The molecule has 0 saturated heterocycles. The third-order valence-corrected chi connectivity index (χ3v) is 12.7. The summed E-state index contributed by atoms with van der Waals surface area (Å²) in [5, 5.41) is 1.71. The summed E-state index contributed by atoms with van der Waals surface area (Å²) in [5.74, 6) is 0.610. The summed E-state index contributed by atoms with van der Waals surface area (Å²) < 4.78 is 13.2. The minimum atomic E-state index is -1.28. The van der Waals surface area contributed by atoms with Crippen LogP contribution in [0.1, 0.15) is 99.8 Å². The predicted octanol–water partition coefficient (Wildman–Crippen LogP) is 9.62. The van der Waals surface area contributed by atoms with Gasteiger partial charge in [-0.1, -0.05) is 111 Å². The first-order chi connectivity index (χ1) is 13.5. The van der Waals surface area contributed by atoms with E-state index in [1.165, 1.54) is 44.9 Å². The Morgan fingerprint density at radius 3 is 1.66 bits per heavy atom. The van der Waals surface area contributed by atoms with Crippen LogP contribution in [0, 0.1) is 20.8 Å². The molecule has 1 nitrogen and oxygen atoms in total. The molecule has 0 bridgehead atoms. The van der Waals surface area contributed by atoms with E-state index in [9.17, 15) is 4.57 Å². The van der Waals surface area contributed by atoms with Crippen molar-refractivity contribution >= 4 is 21.0 Å². The van der Waals surface area contributed by atoms with Crippen molar-refractivity contribution < 1.29 is 21.6 Å². The van der Waals surface area contributed by atoms with Crippen molar-refractivity contribution in [1.82, 2.24) is 0 Å². The van der Waals surface area contributed by atoms with Crippen molar-refractivity contribution in [3.63, 3.8) is 0 Å². The summed E-state index contributed by atoms with van der Waals surface area (Å²) in [6, 6.07) is 10.2. The summed E-state index contributed by atoms with van der Waals surface area (Å²) in [6.07, 6.45) is 11.1. The molecule has 2 saturated carbocycles. The van der Waals surface area contributed by atoms with Crippen molar-refractivity contribution in [2.45, 2.75) is 121 Å². The van der Waals surface area contributed by atoms with Crippen LogP contribution >= 0.6 is 15.7 Å². The minimum Gasteiger partial charge on any atom is -0.358 e. The standard InChI is InChI=1S/C21H35OP2.C5H10.2CH3.Fe/c1-16(24(20(2,3)4)21(5,6)7)18-14-11-15-19(18)23(22)17-12-9-8-10-13-17;1-2-4-5-3-1;;;/h8-10,12-13,16,18-19H,11,14-15H2,1-7H3;1-5H2;2*1H3;/q+1;;2*-1;+2/t16-,18?,19?;;;;/m0..../s1. The first kappa shape index (κ1) is 34.4. The van der Waals surface area contributed by atoms with Crippen molar-refractivity contribution in [3.05, 3.63) is 45.2 Å². The van der Waals surface area contributed by atoms with Gasteiger partial charge in [-0.05, 0) is 47.4 Å². The second-order valence-corrected chi connectivity index (χ2v) is 17.1. The van der Waals surface area contributed by atoms with Crippen LogP contribution in [0.3, 0.4) is 0 Å². The molecule has 0 aliphatic heterocycles. The summed E-state index contributed by atoms with van der Waals surface area (Å²) in [4.78, 5) is 0. The van der Waals surface area contributed by atoms with E-state index in [-0.39, 0.29) is 39.8 Å². The Labute approximate surface area is 214 Å². The Morgan fingerprint density at radius 1 is 0.812 bits per heavy atom. The fourth-order valence-corrected chi connectivity index (χ4v) is 13.2. The maximum absolute atomic E-state index is 13.2. The number of hydrogen-bond donors (Lipinski definition) is 0. The molecule has 1 aromatic carbocycles. The van der Waals surface area contributed by atoms with E-state index < -0.39 is 7.80 Å². The van der Waals surface area contributed by atoms with Gasteiger partial charge in [-0.15, -0.1) is 0 Å². The van der Waals surface area contributed by atoms with Crippen molar-refractivity contribution in [3.8, 4) is 0 Å². The first-order valence-electron chi connectivity index (χ1n) is 11.8. The second-order valence-electron chi connectivity index (χ2n) is 11.0. The molecule has 0 amide bonds. The molecular formula is C28H51FeOP2+. The van der Waals surface area contributed by atoms with E-state index in [0.717, 1.165) is 11.7 Å². The summed E-state index contributed by atoms with van der Waals surface area (Å²) in [5.41, 5.74) is 1.03. The van der Waals surface area contributed by atoms with Crippen LogP contribution in [0.15, 0.2) is 30.3 Å². The Balaban J connectivity index is 0. The Bertz CT molecular complexity index is 607.